The lowest BCUT2D eigenvalue weighted by Gasteiger charge is -2.27. The van der Waals surface area contributed by atoms with Crippen LogP contribution >= 0.6 is 0 Å². The Bertz CT molecular complexity index is 642. The molecule has 2 rings (SSSR count). The Labute approximate surface area is 147 Å². The average molecular weight is 344 g/mol. The van der Waals surface area contributed by atoms with Crippen LogP contribution in [0, 0.1) is 0 Å². The molecule has 0 spiro atoms. The van der Waals surface area contributed by atoms with Crippen molar-refractivity contribution in [2.75, 3.05) is 38.1 Å². The van der Waals surface area contributed by atoms with Gasteiger partial charge in [-0.25, -0.2) is 4.79 Å². The van der Waals surface area contributed by atoms with Crippen LogP contribution in [0.1, 0.15) is 23.2 Å². The first-order valence-corrected chi connectivity index (χ1v) is 8.34. The molecule has 1 aromatic rings. The molecule has 1 aliphatic rings. The maximum absolute atomic E-state index is 12.1. The van der Waals surface area contributed by atoms with E-state index in [-0.39, 0.29) is 17.8 Å². The Balaban J connectivity index is 1.77. The van der Waals surface area contributed by atoms with E-state index in [1.54, 1.807) is 36.2 Å². The van der Waals surface area contributed by atoms with Crippen molar-refractivity contribution < 1.29 is 14.4 Å². The van der Waals surface area contributed by atoms with E-state index in [9.17, 15) is 14.4 Å². The zero-order valence-electron chi connectivity index (χ0n) is 14.5. The van der Waals surface area contributed by atoms with Gasteiger partial charge in [0.15, 0.2) is 0 Å². The Kier molecular flexibility index (Phi) is 6.56. The molecular formula is C18H24N4O3. The Morgan fingerprint density at radius 1 is 1.36 bits per heavy atom. The number of rotatable bonds is 7. The summed E-state index contributed by atoms with van der Waals surface area (Å²) in [5.74, 6) is -0.383. The van der Waals surface area contributed by atoms with Gasteiger partial charge in [0.1, 0.15) is 0 Å². The van der Waals surface area contributed by atoms with Crippen LogP contribution in [-0.4, -0.2) is 56.0 Å². The SMILES string of the molecule is C=CC(=O)N(C)c1ccc(C(=O)NCCCN2CCCNC2=O)cc1. The third-order valence-electron chi connectivity index (χ3n) is 4.08. The number of hydrogen-bond acceptors (Lipinski definition) is 3. The Morgan fingerprint density at radius 2 is 2.08 bits per heavy atom. The van der Waals surface area contributed by atoms with Crippen molar-refractivity contribution in [1.29, 1.82) is 0 Å². The molecule has 1 aromatic carbocycles. The van der Waals surface area contributed by atoms with Gasteiger partial charge in [-0.2, -0.15) is 0 Å². The van der Waals surface area contributed by atoms with Gasteiger partial charge in [0.2, 0.25) is 5.91 Å². The molecule has 134 valence electrons. The molecule has 0 radical (unpaired) electrons. The fraction of sp³-hybridized carbons (Fsp3) is 0.389. The minimum Gasteiger partial charge on any atom is -0.352 e. The Hall–Kier alpha value is -2.83. The van der Waals surface area contributed by atoms with Crippen molar-refractivity contribution >= 4 is 23.5 Å². The van der Waals surface area contributed by atoms with Crippen molar-refractivity contribution in [3.63, 3.8) is 0 Å². The fourth-order valence-electron chi connectivity index (χ4n) is 2.57. The molecule has 1 saturated heterocycles. The van der Waals surface area contributed by atoms with E-state index < -0.39 is 0 Å². The predicted molar refractivity (Wildman–Crippen MR) is 96.6 cm³/mol. The number of amides is 4. The second kappa shape index (κ2) is 8.86. The summed E-state index contributed by atoms with van der Waals surface area (Å²) in [4.78, 5) is 38.5. The molecule has 4 amide bonds. The summed E-state index contributed by atoms with van der Waals surface area (Å²) in [5.41, 5.74) is 1.22. The first kappa shape index (κ1) is 18.5. The van der Waals surface area contributed by atoms with Crippen LogP contribution in [0.5, 0.6) is 0 Å². The van der Waals surface area contributed by atoms with Gasteiger partial charge >= 0.3 is 6.03 Å². The van der Waals surface area contributed by atoms with Gasteiger partial charge < -0.3 is 20.4 Å². The molecule has 0 saturated carbocycles. The standard InChI is InChI=1S/C18H24N4O3/c1-3-16(23)21(2)15-8-6-14(7-9-15)17(24)19-10-4-12-22-13-5-11-20-18(22)25/h3,6-9H,1,4-5,10-13H2,2H3,(H,19,24)(H,20,25). The second-order valence-corrected chi connectivity index (χ2v) is 5.83. The minimum absolute atomic E-state index is 0.0358. The first-order chi connectivity index (χ1) is 12.0. The van der Waals surface area contributed by atoms with Crippen LogP contribution in [0.4, 0.5) is 10.5 Å². The first-order valence-electron chi connectivity index (χ1n) is 8.34. The maximum atomic E-state index is 12.1. The second-order valence-electron chi connectivity index (χ2n) is 5.83. The molecule has 0 aromatic heterocycles. The molecule has 0 unspecified atom stereocenters. The van der Waals surface area contributed by atoms with Crippen molar-refractivity contribution in [3.8, 4) is 0 Å². The van der Waals surface area contributed by atoms with Crippen LogP contribution in [0.25, 0.3) is 0 Å². The lowest BCUT2D eigenvalue weighted by atomic mass is 10.2. The summed E-state index contributed by atoms with van der Waals surface area (Å²) in [6, 6.07) is 6.75. The number of carbonyl (C=O) groups is 3. The monoisotopic (exact) mass is 344 g/mol. The van der Waals surface area contributed by atoms with E-state index in [1.165, 1.54) is 11.0 Å². The van der Waals surface area contributed by atoms with Gasteiger partial charge in [0.05, 0.1) is 0 Å². The summed E-state index contributed by atoms with van der Waals surface area (Å²) in [6.07, 6.45) is 2.89. The summed E-state index contributed by atoms with van der Waals surface area (Å²) in [6.45, 7) is 6.07. The zero-order valence-corrected chi connectivity index (χ0v) is 14.5. The lowest BCUT2D eigenvalue weighted by Crippen LogP contribution is -2.47. The average Bonchev–Trinajstić information content (AvgIpc) is 2.65. The smallest absolute Gasteiger partial charge is 0.317 e. The number of nitrogens with one attached hydrogen (secondary N) is 2. The zero-order chi connectivity index (χ0) is 18.2. The molecule has 1 heterocycles. The van der Waals surface area contributed by atoms with Crippen molar-refractivity contribution in [3.05, 3.63) is 42.5 Å². The van der Waals surface area contributed by atoms with Crippen molar-refractivity contribution in [2.45, 2.75) is 12.8 Å². The third kappa shape index (κ3) is 5.07. The lowest BCUT2D eigenvalue weighted by molar-refractivity contribution is -0.113. The summed E-state index contributed by atoms with van der Waals surface area (Å²) >= 11 is 0. The molecule has 2 N–H and O–H groups in total. The summed E-state index contributed by atoms with van der Waals surface area (Å²) in [7, 11) is 1.65. The van der Waals surface area contributed by atoms with E-state index in [0.717, 1.165) is 19.5 Å². The number of benzene rings is 1. The number of likely N-dealkylation sites (N-methyl/N-ethyl adjacent to an activating group) is 1. The molecule has 0 atom stereocenters. The highest BCUT2D eigenvalue weighted by Crippen LogP contribution is 2.14. The number of nitrogens with zero attached hydrogens (tertiary/aromatic N) is 2. The topological polar surface area (TPSA) is 81.8 Å². The van der Waals surface area contributed by atoms with Gasteiger partial charge in [-0.3, -0.25) is 9.59 Å². The van der Waals surface area contributed by atoms with Gasteiger partial charge in [-0.1, -0.05) is 6.58 Å². The van der Waals surface area contributed by atoms with Gasteiger partial charge in [0.25, 0.3) is 5.91 Å². The van der Waals surface area contributed by atoms with Gasteiger partial charge in [-0.15, -0.1) is 0 Å². The van der Waals surface area contributed by atoms with Crippen molar-refractivity contribution in [1.82, 2.24) is 15.5 Å². The van der Waals surface area contributed by atoms with Gasteiger partial charge in [0, 0.05) is 44.5 Å². The maximum Gasteiger partial charge on any atom is 0.317 e. The van der Waals surface area contributed by atoms with Crippen LogP contribution < -0.4 is 15.5 Å². The molecule has 25 heavy (non-hydrogen) atoms. The molecule has 7 nitrogen and oxygen atoms in total. The van der Waals surface area contributed by atoms with Crippen LogP contribution in [0.15, 0.2) is 36.9 Å². The molecule has 0 bridgehead atoms. The van der Waals surface area contributed by atoms with Gasteiger partial charge in [-0.05, 0) is 43.2 Å². The van der Waals surface area contributed by atoms with E-state index in [1.807, 2.05) is 0 Å². The number of urea groups is 1. The normalized spacial score (nSPS) is 13.8. The highest BCUT2D eigenvalue weighted by atomic mass is 16.2. The number of hydrogen-bond donors (Lipinski definition) is 2. The van der Waals surface area contributed by atoms with E-state index in [0.29, 0.717) is 30.8 Å². The highest BCUT2D eigenvalue weighted by Gasteiger charge is 2.16. The fourth-order valence-corrected chi connectivity index (χ4v) is 2.57. The van der Waals surface area contributed by atoms with Crippen LogP contribution in [0.3, 0.4) is 0 Å². The number of anilines is 1. The predicted octanol–water partition coefficient (Wildman–Crippen LogP) is 1.37. The summed E-state index contributed by atoms with van der Waals surface area (Å²) in [5, 5.41) is 5.64. The van der Waals surface area contributed by atoms with Crippen LogP contribution in [-0.2, 0) is 4.79 Å². The summed E-state index contributed by atoms with van der Waals surface area (Å²) < 4.78 is 0. The quantitative estimate of drug-likeness (QED) is 0.579. The molecule has 1 aliphatic heterocycles. The van der Waals surface area contributed by atoms with E-state index in [2.05, 4.69) is 17.2 Å². The molecule has 1 fully saturated rings. The minimum atomic E-state index is -0.209. The largest absolute Gasteiger partial charge is 0.352 e. The molecule has 7 heteroatoms. The third-order valence-corrected chi connectivity index (χ3v) is 4.08. The molecular weight excluding hydrogens is 320 g/mol. The Morgan fingerprint density at radius 3 is 2.72 bits per heavy atom. The van der Waals surface area contributed by atoms with E-state index >= 15 is 0 Å². The van der Waals surface area contributed by atoms with Crippen LogP contribution in [0.2, 0.25) is 0 Å². The highest BCUT2D eigenvalue weighted by molar-refractivity contribution is 6.01. The number of carbonyl (C=O) groups excluding carboxylic acids is 3. The molecule has 0 aliphatic carbocycles. The van der Waals surface area contributed by atoms with E-state index in [4.69, 9.17) is 0 Å². The van der Waals surface area contributed by atoms with Crippen molar-refractivity contribution in [2.24, 2.45) is 0 Å².